The van der Waals surface area contributed by atoms with Crippen LogP contribution in [0.5, 0.6) is 0 Å². The molecule has 3 heteroatoms. The zero-order valence-corrected chi connectivity index (χ0v) is 11.0. The van der Waals surface area contributed by atoms with Crippen molar-refractivity contribution in [2.75, 3.05) is 6.54 Å². The number of carbonyl (C=O) groups is 1. The molecule has 1 amide bonds. The van der Waals surface area contributed by atoms with E-state index in [4.69, 9.17) is 0 Å². The smallest absolute Gasteiger partial charge is 0.311 e. The Morgan fingerprint density at radius 3 is 2.61 bits per heavy atom. The Balaban J connectivity index is 2.53. The van der Waals surface area contributed by atoms with Crippen LogP contribution in [-0.2, 0) is 11.3 Å². The molecule has 18 heavy (non-hydrogen) atoms. The maximum atomic E-state index is 11.3. The van der Waals surface area contributed by atoms with E-state index in [0.717, 1.165) is 24.1 Å². The van der Waals surface area contributed by atoms with E-state index in [1.165, 1.54) is 0 Å². The summed E-state index contributed by atoms with van der Waals surface area (Å²) in [6.45, 7) is 8.68. The monoisotopic (exact) mass is 243 g/mol. The molecule has 0 aliphatic carbocycles. The van der Waals surface area contributed by atoms with E-state index < -0.39 is 0 Å². The van der Waals surface area contributed by atoms with Gasteiger partial charge in [0.25, 0.3) is 6.54 Å². The van der Waals surface area contributed by atoms with Crippen LogP contribution in [0.3, 0.4) is 0 Å². The Morgan fingerprint density at radius 1 is 1.39 bits per heavy atom. The number of nitrogens with zero attached hydrogens (tertiary/aromatic N) is 1. The third-order valence-electron chi connectivity index (χ3n) is 2.34. The van der Waals surface area contributed by atoms with Crippen LogP contribution in [-0.4, -0.2) is 12.5 Å². The summed E-state index contributed by atoms with van der Waals surface area (Å²) < 4.78 is 0. The van der Waals surface area contributed by atoms with E-state index in [2.05, 4.69) is 29.7 Å². The van der Waals surface area contributed by atoms with Gasteiger partial charge in [0.2, 0.25) is 5.91 Å². The lowest BCUT2D eigenvalue weighted by atomic mass is 10.1. The van der Waals surface area contributed by atoms with Gasteiger partial charge in [-0.3, -0.25) is 4.79 Å². The van der Waals surface area contributed by atoms with Crippen molar-refractivity contribution >= 4 is 5.91 Å². The predicted molar refractivity (Wildman–Crippen MR) is 74.6 cm³/mol. The van der Waals surface area contributed by atoms with Crippen LogP contribution >= 0.6 is 0 Å². The number of amides is 1. The lowest BCUT2D eigenvalue weighted by molar-refractivity contribution is -0.117. The molecule has 94 valence electrons. The van der Waals surface area contributed by atoms with Crippen LogP contribution in [0, 0.1) is 6.07 Å². The van der Waals surface area contributed by atoms with Crippen LogP contribution in [0.4, 0.5) is 0 Å². The van der Waals surface area contributed by atoms with Crippen molar-refractivity contribution in [1.82, 2.24) is 5.32 Å². The fourth-order valence-electron chi connectivity index (χ4n) is 1.29. The van der Waals surface area contributed by atoms with Crippen molar-refractivity contribution < 1.29 is 4.79 Å². The molecule has 1 aromatic carbocycles. The molecular weight excluding hydrogens is 224 g/mol. The average molecular weight is 243 g/mol. The van der Waals surface area contributed by atoms with E-state index >= 15 is 0 Å². The highest BCUT2D eigenvalue weighted by Gasteiger charge is 2.01. The second-order valence-corrected chi connectivity index (χ2v) is 4.15. The molecule has 0 aromatic heterocycles. The minimum atomic E-state index is -0.116. The highest BCUT2D eigenvalue weighted by molar-refractivity contribution is 5.91. The fourth-order valence-corrected chi connectivity index (χ4v) is 1.29. The number of nitrogens with one attached hydrogen (secondary N) is 1. The third kappa shape index (κ3) is 4.84. The van der Waals surface area contributed by atoms with Crippen LogP contribution < -0.4 is 5.32 Å². The molecule has 0 aliphatic rings. The van der Waals surface area contributed by atoms with Crippen molar-refractivity contribution in [3.8, 4) is 6.07 Å². The van der Waals surface area contributed by atoms with Crippen LogP contribution in [0.2, 0.25) is 0 Å². The lowest BCUT2D eigenvalue weighted by Gasteiger charge is -2.04. The second kappa shape index (κ2) is 7.29. The van der Waals surface area contributed by atoms with Gasteiger partial charge in [-0.2, -0.15) is 0 Å². The quantitative estimate of drug-likeness (QED) is 0.810. The molecular formula is C15H19N2O+. The Hall–Kier alpha value is -2.08. The van der Waals surface area contributed by atoms with Gasteiger partial charge in [0.1, 0.15) is 5.56 Å². The molecule has 0 atom stereocenters. The maximum Gasteiger partial charge on any atom is 0.311 e. The van der Waals surface area contributed by atoms with Gasteiger partial charge in [0.05, 0.1) is 0 Å². The molecule has 1 rings (SSSR count). The molecule has 1 aromatic rings. The second-order valence-electron chi connectivity index (χ2n) is 4.15. The minimum absolute atomic E-state index is 0.116. The summed E-state index contributed by atoms with van der Waals surface area (Å²) in [7, 11) is 0. The van der Waals surface area contributed by atoms with Gasteiger partial charge in [0.15, 0.2) is 0 Å². The summed E-state index contributed by atoms with van der Waals surface area (Å²) in [5.74, 6) is -0.116. The lowest BCUT2D eigenvalue weighted by Crippen LogP contribution is -2.22. The molecule has 0 fully saturated rings. The van der Waals surface area contributed by atoms with Crippen molar-refractivity contribution in [2.24, 2.45) is 0 Å². The van der Waals surface area contributed by atoms with Gasteiger partial charge >= 0.3 is 6.07 Å². The van der Waals surface area contributed by atoms with Gasteiger partial charge in [-0.15, -0.1) is 0 Å². The summed E-state index contributed by atoms with van der Waals surface area (Å²) in [4.78, 5) is 15.5. The Labute approximate surface area is 108 Å². The SMILES string of the molecule is C=C(C)C(=O)NCc1ccc(C#[N+]CCC)cc1. The van der Waals surface area contributed by atoms with Crippen LogP contribution in [0.1, 0.15) is 31.4 Å². The fraction of sp³-hybridized carbons (Fsp3) is 0.333. The number of carbonyl (C=O) groups excluding carboxylic acids is 1. The van der Waals surface area contributed by atoms with Crippen molar-refractivity contribution in [3.63, 3.8) is 0 Å². The molecule has 0 saturated carbocycles. The largest absolute Gasteiger partial charge is 0.348 e. The topological polar surface area (TPSA) is 33.5 Å². The first-order valence-corrected chi connectivity index (χ1v) is 6.08. The highest BCUT2D eigenvalue weighted by atomic mass is 16.1. The number of rotatable bonds is 4. The summed E-state index contributed by atoms with van der Waals surface area (Å²) >= 11 is 0. The van der Waals surface area contributed by atoms with Gasteiger partial charge in [0, 0.05) is 18.5 Å². The Kier molecular flexibility index (Phi) is 5.66. The van der Waals surface area contributed by atoms with Gasteiger partial charge in [-0.1, -0.05) is 30.5 Å². The van der Waals surface area contributed by atoms with E-state index in [1.54, 1.807) is 6.92 Å². The first-order valence-electron chi connectivity index (χ1n) is 6.08. The molecule has 0 saturated heterocycles. The average Bonchev–Trinajstić information content (AvgIpc) is 2.37. The zero-order valence-electron chi connectivity index (χ0n) is 11.0. The zero-order chi connectivity index (χ0) is 13.4. The summed E-state index contributed by atoms with van der Waals surface area (Å²) in [5.41, 5.74) is 2.52. The number of benzene rings is 1. The molecule has 0 radical (unpaired) electrons. The van der Waals surface area contributed by atoms with E-state index in [-0.39, 0.29) is 5.91 Å². The van der Waals surface area contributed by atoms with Gasteiger partial charge in [-0.25, -0.2) is 0 Å². The van der Waals surface area contributed by atoms with Crippen LogP contribution in [0.25, 0.3) is 4.85 Å². The van der Waals surface area contributed by atoms with E-state index in [1.807, 2.05) is 24.3 Å². The summed E-state index contributed by atoms with van der Waals surface area (Å²) in [5, 5.41) is 2.79. The first kappa shape index (κ1) is 14.0. The molecule has 3 nitrogen and oxygen atoms in total. The normalized spacial score (nSPS) is 9.22. The van der Waals surface area contributed by atoms with Crippen molar-refractivity contribution in [1.29, 1.82) is 0 Å². The van der Waals surface area contributed by atoms with E-state index in [9.17, 15) is 4.79 Å². The number of hydrogen-bond acceptors (Lipinski definition) is 1. The summed E-state index contributed by atoms with van der Waals surface area (Å²) in [6.07, 6.45) is 1.03. The Morgan fingerprint density at radius 2 is 2.06 bits per heavy atom. The van der Waals surface area contributed by atoms with Crippen molar-refractivity contribution in [2.45, 2.75) is 26.8 Å². The third-order valence-corrected chi connectivity index (χ3v) is 2.34. The maximum absolute atomic E-state index is 11.3. The predicted octanol–water partition coefficient (Wildman–Crippen LogP) is 2.97. The van der Waals surface area contributed by atoms with Crippen molar-refractivity contribution in [3.05, 3.63) is 52.4 Å². The molecule has 0 heterocycles. The standard InChI is InChI=1S/C15H18N2O/c1-4-9-16-10-13-5-7-14(8-6-13)11-17-15(18)12(2)3/h5-8H,2,4,9,11H2,1,3H3/p+1. The number of hydrogen-bond donors (Lipinski definition) is 1. The van der Waals surface area contributed by atoms with Crippen LogP contribution in [0.15, 0.2) is 36.4 Å². The minimum Gasteiger partial charge on any atom is -0.348 e. The van der Waals surface area contributed by atoms with Gasteiger partial charge < -0.3 is 5.32 Å². The highest BCUT2D eigenvalue weighted by Crippen LogP contribution is 2.03. The van der Waals surface area contributed by atoms with Gasteiger partial charge in [-0.05, 0) is 24.6 Å². The molecule has 1 N–H and O–H groups in total. The Bertz CT molecular complexity index is 477. The first-order chi connectivity index (χ1) is 8.63. The molecule has 0 bridgehead atoms. The molecule has 0 aliphatic heterocycles. The molecule has 0 spiro atoms. The summed E-state index contributed by atoms with van der Waals surface area (Å²) in [6, 6.07) is 10.8. The van der Waals surface area contributed by atoms with E-state index in [0.29, 0.717) is 12.1 Å². The molecule has 0 unspecified atom stereocenters.